The van der Waals surface area contributed by atoms with E-state index in [4.69, 9.17) is 4.17 Å². The molecule has 0 atom stereocenters. The molecule has 0 saturated carbocycles. The van der Waals surface area contributed by atoms with E-state index in [1.165, 1.54) is 26.5 Å². The lowest BCUT2D eigenvalue weighted by molar-refractivity contribution is 1.68. The van der Waals surface area contributed by atoms with Gasteiger partial charge in [0.25, 0.3) is 7.71 Å². The third-order valence-electron chi connectivity index (χ3n) is 5.73. The number of benzene rings is 5. The molecular formula is C30H26NP2+. The van der Waals surface area contributed by atoms with Gasteiger partial charge in [-0.2, -0.15) is 4.17 Å². The van der Waals surface area contributed by atoms with Gasteiger partial charge in [-0.05, 0) is 60.7 Å². The Labute approximate surface area is 197 Å². The second-order valence-corrected chi connectivity index (χ2v) is 13.3. The number of hydrogen-bond acceptors (Lipinski definition) is 0. The standard InChI is InChI=1S/C30H26NP2/c1-6-16-26(17-7-1)32(27-18-8-2-9-19-27)31-33(28-20-10-3-11-21-28,29-22-12-4-13-23-29)30-24-14-5-15-25-30/h1-25,32H/q+1. The molecule has 3 heteroatoms. The maximum absolute atomic E-state index is 5.97. The first-order valence-corrected chi connectivity index (χ1v) is 14.3. The fraction of sp³-hybridized carbons (Fsp3) is 0. The molecule has 0 amide bonds. The lowest BCUT2D eigenvalue weighted by atomic mass is 10.4. The molecule has 0 saturated heterocycles. The molecule has 0 aliphatic carbocycles. The van der Waals surface area contributed by atoms with Gasteiger partial charge in [0.2, 0.25) is 0 Å². The zero-order valence-corrected chi connectivity index (χ0v) is 20.2. The third-order valence-corrected chi connectivity index (χ3v) is 12.6. The van der Waals surface area contributed by atoms with Crippen LogP contribution in [0.4, 0.5) is 0 Å². The summed E-state index contributed by atoms with van der Waals surface area (Å²) in [5.74, 6) is 0. The zero-order valence-electron chi connectivity index (χ0n) is 18.3. The van der Waals surface area contributed by atoms with Crippen molar-refractivity contribution in [2.24, 2.45) is 0 Å². The topological polar surface area (TPSA) is 14.1 Å². The Bertz CT molecular complexity index is 1270. The van der Waals surface area contributed by atoms with Crippen molar-refractivity contribution in [1.29, 1.82) is 0 Å². The van der Waals surface area contributed by atoms with Crippen molar-refractivity contribution in [3.63, 3.8) is 0 Å². The minimum atomic E-state index is -2.27. The third kappa shape index (κ3) is 4.45. The number of nitrogens with zero attached hydrogens (tertiary/aromatic N) is 1. The average molecular weight is 462 g/mol. The zero-order chi connectivity index (χ0) is 22.3. The molecule has 0 spiro atoms. The normalized spacial score (nSPS) is 11.2. The fourth-order valence-corrected chi connectivity index (χ4v) is 11.7. The van der Waals surface area contributed by atoms with Gasteiger partial charge in [0.15, 0.2) is 0 Å². The minimum Gasteiger partial charge on any atom is -0.155 e. The predicted octanol–water partition coefficient (Wildman–Crippen LogP) is 5.28. The molecular weight excluding hydrogens is 436 g/mol. The van der Waals surface area contributed by atoms with Gasteiger partial charge >= 0.3 is 7.05 Å². The van der Waals surface area contributed by atoms with Crippen LogP contribution in [0.15, 0.2) is 152 Å². The van der Waals surface area contributed by atoms with Crippen molar-refractivity contribution in [2.75, 3.05) is 0 Å². The van der Waals surface area contributed by atoms with Crippen LogP contribution < -0.4 is 30.7 Å². The highest BCUT2D eigenvalue weighted by molar-refractivity contribution is 7.88. The van der Waals surface area contributed by atoms with Crippen molar-refractivity contribution in [3.8, 4) is 0 Å². The van der Waals surface area contributed by atoms with Crippen LogP contribution >= 0.6 is 14.8 Å². The number of hydrogen-bond donors (Lipinski definition) is 0. The summed E-state index contributed by atoms with van der Waals surface area (Å²) in [6.07, 6.45) is 0. The molecule has 0 bridgehead atoms. The molecule has 5 aromatic carbocycles. The summed E-state index contributed by atoms with van der Waals surface area (Å²) in [5.41, 5.74) is 0. The van der Waals surface area contributed by atoms with Crippen LogP contribution in [-0.2, 0) is 0 Å². The summed E-state index contributed by atoms with van der Waals surface area (Å²) in [4.78, 5) is 0. The van der Waals surface area contributed by atoms with Gasteiger partial charge in [0.1, 0.15) is 0 Å². The lowest BCUT2D eigenvalue weighted by Crippen LogP contribution is -2.27. The van der Waals surface area contributed by atoms with Crippen LogP contribution in [0, 0.1) is 0 Å². The summed E-state index contributed by atoms with van der Waals surface area (Å²) in [5, 5.41) is 6.48. The Morgan fingerprint density at radius 3 is 0.939 bits per heavy atom. The van der Waals surface area contributed by atoms with Gasteiger partial charge in [0.05, 0.1) is 26.5 Å². The SMILES string of the molecule is c1ccc([PH](=[N+]=P(c2ccccc2)(c2ccccc2)c2ccccc2)c2ccccc2)cc1. The predicted molar refractivity (Wildman–Crippen MR) is 148 cm³/mol. The summed E-state index contributed by atoms with van der Waals surface area (Å²) in [6, 6.07) is 54.3. The Morgan fingerprint density at radius 2 is 0.636 bits per heavy atom. The van der Waals surface area contributed by atoms with Gasteiger partial charge in [0, 0.05) is 0 Å². The van der Waals surface area contributed by atoms with E-state index in [-0.39, 0.29) is 0 Å². The summed E-state index contributed by atoms with van der Waals surface area (Å²) >= 11 is 0. The molecule has 5 aromatic rings. The summed E-state index contributed by atoms with van der Waals surface area (Å²) in [6.45, 7) is 0. The quantitative estimate of drug-likeness (QED) is 0.249. The summed E-state index contributed by atoms with van der Waals surface area (Å²) < 4.78 is 5.97. The van der Waals surface area contributed by atoms with Gasteiger partial charge in [-0.1, -0.05) is 91.0 Å². The molecule has 33 heavy (non-hydrogen) atoms. The maximum atomic E-state index is 5.97. The van der Waals surface area contributed by atoms with Crippen LogP contribution in [0.3, 0.4) is 0 Å². The smallest absolute Gasteiger partial charge is 0.155 e. The van der Waals surface area contributed by atoms with Gasteiger partial charge in [-0.15, -0.1) is 0 Å². The largest absolute Gasteiger partial charge is 0.300 e. The molecule has 0 unspecified atom stereocenters. The van der Waals surface area contributed by atoms with E-state index >= 15 is 0 Å². The van der Waals surface area contributed by atoms with Crippen molar-refractivity contribution < 1.29 is 0 Å². The highest BCUT2D eigenvalue weighted by Crippen LogP contribution is 2.44. The van der Waals surface area contributed by atoms with E-state index in [1.807, 2.05) is 0 Å². The molecule has 0 aromatic heterocycles. The second-order valence-electron chi connectivity index (χ2n) is 7.82. The highest BCUT2D eigenvalue weighted by atomic mass is 31.2. The average Bonchev–Trinajstić information content (AvgIpc) is 2.92. The van der Waals surface area contributed by atoms with Gasteiger partial charge in [-0.25, -0.2) is 0 Å². The molecule has 160 valence electrons. The van der Waals surface area contributed by atoms with E-state index in [9.17, 15) is 0 Å². The Kier molecular flexibility index (Phi) is 6.57. The summed E-state index contributed by atoms with van der Waals surface area (Å²) in [7, 11) is -3.69. The van der Waals surface area contributed by atoms with E-state index in [0.29, 0.717) is 0 Å². The van der Waals surface area contributed by atoms with E-state index in [2.05, 4.69) is 152 Å². The first kappa shape index (κ1) is 21.5. The van der Waals surface area contributed by atoms with Crippen LogP contribution in [0.5, 0.6) is 0 Å². The van der Waals surface area contributed by atoms with Crippen molar-refractivity contribution >= 4 is 41.3 Å². The van der Waals surface area contributed by atoms with Gasteiger partial charge in [-0.3, -0.25) is 0 Å². The first-order chi connectivity index (χ1) is 16.4. The van der Waals surface area contributed by atoms with Crippen LogP contribution in [0.25, 0.3) is 0 Å². The molecule has 5 rings (SSSR count). The second kappa shape index (κ2) is 10.1. The Hall–Kier alpha value is -3.33. The monoisotopic (exact) mass is 462 g/mol. The lowest BCUT2D eigenvalue weighted by Gasteiger charge is -2.16. The van der Waals surface area contributed by atoms with Crippen LogP contribution in [-0.4, -0.2) is 0 Å². The molecule has 0 radical (unpaired) electrons. The highest BCUT2D eigenvalue weighted by Gasteiger charge is 2.38. The van der Waals surface area contributed by atoms with Gasteiger partial charge < -0.3 is 0 Å². The molecule has 0 heterocycles. The van der Waals surface area contributed by atoms with Crippen molar-refractivity contribution in [2.45, 2.75) is 0 Å². The van der Waals surface area contributed by atoms with Crippen molar-refractivity contribution in [1.82, 2.24) is 4.17 Å². The maximum Gasteiger partial charge on any atom is 0.300 e. The van der Waals surface area contributed by atoms with Crippen molar-refractivity contribution in [3.05, 3.63) is 152 Å². The molecule has 0 N–H and O–H groups in total. The first-order valence-electron chi connectivity index (χ1n) is 11.1. The molecule has 0 fully saturated rings. The minimum absolute atomic E-state index is 1.29. The van der Waals surface area contributed by atoms with Crippen LogP contribution in [0.2, 0.25) is 0 Å². The Morgan fingerprint density at radius 1 is 0.364 bits per heavy atom. The van der Waals surface area contributed by atoms with E-state index < -0.39 is 14.8 Å². The fourth-order valence-electron chi connectivity index (χ4n) is 4.18. The molecule has 0 aliphatic heterocycles. The van der Waals surface area contributed by atoms with E-state index in [1.54, 1.807) is 0 Å². The number of rotatable bonds is 5. The van der Waals surface area contributed by atoms with E-state index in [0.717, 1.165) is 0 Å². The molecule has 1 nitrogen and oxygen atoms in total. The van der Waals surface area contributed by atoms with Crippen LogP contribution in [0.1, 0.15) is 0 Å². The molecule has 0 aliphatic rings. The Balaban J connectivity index is 2.04.